The molecule has 0 aromatic carbocycles. The minimum absolute atomic E-state index is 0.0675. The Morgan fingerprint density at radius 3 is 2.64 bits per heavy atom. The van der Waals surface area contributed by atoms with E-state index < -0.39 is 12.1 Å². The van der Waals surface area contributed by atoms with Gasteiger partial charge < -0.3 is 14.8 Å². The molecule has 136 valence electrons. The van der Waals surface area contributed by atoms with Gasteiger partial charge in [0.25, 0.3) is 5.91 Å². The number of piperidine rings is 1. The first-order chi connectivity index (χ1) is 12.0. The summed E-state index contributed by atoms with van der Waals surface area (Å²) in [7, 11) is 0. The second-order valence-corrected chi connectivity index (χ2v) is 6.83. The van der Waals surface area contributed by atoms with E-state index in [2.05, 4.69) is 20.2 Å². The largest absolute Gasteiger partial charge is 0.343 e. The van der Waals surface area contributed by atoms with E-state index >= 15 is 0 Å². The number of carbonyl (C=O) groups excluding carboxylic acids is 3. The van der Waals surface area contributed by atoms with Gasteiger partial charge in [-0.1, -0.05) is 0 Å². The van der Waals surface area contributed by atoms with Crippen LogP contribution in [-0.2, 0) is 16.1 Å². The third kappa shape index (κ3) is 4.37. The van der Waals surface area contributed by atoms with Crippen LogP contribution >= 0.6 is 0 Å². The summed E-state index contributed by atoms with van der Waals surface area (Å²) in [4.78, 5) is 41.0. The molecule has 8 nitrogen and oxygen atoms in total. The molecule has 1 atom stereocenters. The molecule has 1 unspecified atom stereocenters. The first kappa shape index (κ1) is 17.4. The van der Waals surface area contributed by atoms with E-state index in [1.54, 1.807) is 0 Å². The molecule has 25 heavy (non-hydrogen) atoms. The molecule has 2 fully saturated rings. The lowest BCUT2D eigenvalue weighted by molar-refractivity contribution is -0.132. The molecule has 2 aliphatic rings. The standard InChI is InChI=1S/C17H25N5O3/c1-12-18-7-11-21(12)8-4-13-5-9-22(10-6-13)15(23)3-2-14-16(24)20-17(25)19-14/h7,11,13-14H,2-6,8-10H2,1H3,(H2,19,20,24,25). The summed E-state index contributed by atoms with van der Waals surface area (Å²) in [5.74, 6) is 1.39. The van der Waals surface area contributed by atoms with Crippen molar-refractivity contribution in [3.05, 3.63) is 18.2 Å². The number of aryl methyl sites for hydroxylation is 2. The Morgan fingerprint density at radius 1 is 1.28 bits per heavy atom. The molecule has 1 aromatic heterocycles. The fourth-order valence-electron chi connectivity index (χ4n) is 3.52. The number of nitrogens with one attached hydrogen (secondary N) is 2. The first-order valence-electron chi connectivity index (χ1n) is 8.90. The maximum atomic E-state index is 12.3. The van der Waals surface area contributed by atoms with E-state index in [0.717, 1.165) is 44.7 Å². The van der Waals surface area contributed by atoms with Gasteiger partial charge in [-0.15, -0.1) is 0 Å². The molecular weight excluding hydrogens is 322 g/mol. The van der Waals surface area contributed by atoms with E-state index in [0.29, 0.717) is 12.3 Å². The Hall–Kier alpha value is -2.38. The Kier molecular flexibility index (Phi) is 5.35. The first-order valence-corrected chi connectivity index (χ1v) is 8.90. The number of nitrogens with zero attached hydrogens (tertiary/aromatic N) is 3. The number of hydrogen-bond acceptors (Lipinski definition) is 4. The topological polar surface area (TPSA) is 96.3 Å². The molecular formula is C17H25N5O3. The summed E-state index contributed by atoms with van der Waals surface area (Å²) < 4.78 is 2.17. The number of carbonyl (C=O) groups is 3. The van der Waals surface area contributed by atoms with E-state index in [9.17, 15) is 14.4 Å². The fourth-order valence-corrected chi connectivity index (χ4v) is 3.52. The number of aromatic nitrogens is 2. The molecule has 0 aliphatic carbocycles. The van der Waals surface area contributed by atoms with Crippen LogP contribution in [0.3, 0.4) is 0 Å². The van der Waals surface area contributed by atoms with Gasteiger partial charge in [-0.3, -0.25) is 14.9 Å². The summed E-state index contributed by atoms with van der Waals surface area (Å²) in [5, 5.41) is 4.71. The highest BCUT2D eigenvalue weighted by Crippen LogP contribution is 2.22. The molecule has 3 heterocycles. The zero-order valence-electron chi connectivity index (χ0n) is 14.5. The SMILES string of the molecule is Cc1nccn1CCC1CCN(C(=O)CCC2NC(=O)NC2=O)CC1. The minimum Gasteiger partial charge on any atom is -0.343 e. The summed E-state index contributed by atoms with van der Waals surface area (Å²) >= 11 is 0. The number of imide groups is 1. The minimum atomic E-state index is -0.576. The van der Waals surface area contributed by atoms with Crippen LogP contribution in [0.25, 0.3) is 0 Å². The maximum Gasteiger partial charge on any atom is 0.322 e. The summed E-state index contributed by atoms with van der Waals surface area (Å²) in [6.07, 6.45) is 7.61. The highest BCUT2D eigenvalue weighted by atomic mass is 16.2. The third-order valence-electron chi connectivity index (χ3n) is 5.17. The van der Waals surface area contributed by atoms with Gasteiger partial charge in [-0.25, -0.2) is 9.78 Å². The predicted octanol–water partition coefficient (Wildman–Crippen LogP) is 0.808. The molecule has 4 amide bonds. The summed E-state index contributed by atoms with van der Waals surface area (Å²) in [6.45, 7) is 4.53. The van der Waals surface area contributed by atoms with Gasteiger partial charge in [0.1, 0.15) is 11.9 Å². The fraction of sp³-hybridized carbons (Fsp3) is 0.647. The molecule has 0 bridgehead atoms. The zero-order chi connectivity index (χ0) is 17.8. The van der Waals surface area contributed by atoms with Crippen LogP contribution in [-0.4, -0.2) is 51.4 Å². The lowest BCUT2D eigenvalue weighted by Crippen LogP contribution is -2.39. The number of rotatable bonds is 6. The van der Waals surface area contributed by atoms with Crippen molar-refractivity contribution < 1.29 is 14.4 Å². The molecule has 2 saturated heterocycles. The second kappa shape index (κ2) is 7.67. The molecule has 2 N–H and O–H groups in total. The lowest BCUT2D eigenvalue weighted by Gasteiger charge is -2.32. The van der Waals surface area contributed by atoms with Crippen molar-refractivity contribution in [2.24, 2.45) is 5.92 Å². The van der Waals surface area contributed by atoms with Crippen molar-refractivity contribution >= 4 is 17.8 Å². The zero-order valence-corrected chi connectivity index (χ0v) is 14.5. The normalized spacial score (nSPS) is 21.3. The number of likely N-dealkylation sites (tertiary alicyclic amines) is 1. The predicted molar refractivity (Wildman–Crippen MR) is 90.6 cm³/mol. The average Bonchev–Trinajstić information content (AvgIpc) is 3.15. The van der Waals surface area contributed by atoms with Gasteiger partial charge in [-0.2, -0.15) is 0 Å². The van der Waals surface area contributed by atoms with Gasteiger partial charge in [0.05, 0.1) is 0 Å². The second-order valence-electron chi connectivity index (χ2n) is 6.83. The van der Waals surface area contributed by atoms with Crippen molar-refractivity contribution in [2.75, 3.05) is 13.1 Å². The molecule has 0 spiro atoms. The average molecular weight is 347 g/mol. The number of imidazole rings is 1. The van der Waals surface area contributed by atoms with Crippen molar-refractivity contribution in [3.8, 4) is 0 Å². The Labute approximate surface area is 147 Å². The summed E-state index contributed by atoms with van der Waals surface area (Å²) in [5.41, 5.74) is 0. The van der Waals surface area contributed by atoms with Crippen LogP contribution in [0.15, 0.2) is 12.4 Å². The van der Waals surface area contributed by atoms with Crippen LogP contribution in [0.1, 0.15) is 37.9 Å². The van der Waals surface area contributed by atoms with Crippen LogP contribution < -0.4 is 10.6 Å². The smallest absolute Gasteiger partial charge is 0.322 e. The highest BCUT2D eigenvalue weighted by molar-refractivity contribution is 6.04. The van der Waals surface area contributed by atoms with E-state index in [4.69, 9.17) is 0 Å². The number of hydrogen-bond donors (Lipinski definition) is 2. The van der Waals surface area contributed by atoms with Gasteiger partial charge in [0, 0.05) is 38.4 Å². The third-order valence-corrected chi connectivity index (χ3v) is 5.17. The van der Waals surface area contributed by atoms with Gasteiger partial charge >= 0.3 is 6.03 Å². The van der Waals surface area contributed by atoms with E-state index in [1.165, 1.54) is 0 Å². The maximum absolute atomic E-state index is 12.3. The molecule has 0 radical (unpaired) electrons. The van der Waals surface area contributed by atoms with Crippen LogP contribution in [0.2, 0.25) is 0 Å². The quantitative estimate of drug-likeness (QED) is 0.744. The van der Waals surface area contributed by atoms with Crippen LogP contribution in [0.4, 0.5) is 4.79 Å². The lowest BCUT2D eigenvalue weighted by atomic mass is 9.93. The number of amides is 4. The molecule has 0 saturated carbocycles. The van der Waals surface area contributed by atoms with E-state index in [-0.39, 0.29) is 18.2 Å². The summed E-state index contributed by atoms with van der Waals surface area (Å²) in [6, 6.07) is -1.05. The van der Waals surface area contributed by atoms with Crippen molar-refractivity contribution in [1.29, 1.82) is 0 Å². The highest BCUT2D eigenvalue weighted by Gasteiger charge is 2.30. The van der Waals surface area contributed by atoms with Crippen molar-refractivity contribution in [2.45, 2.75) is 51.6 Å². The molecule has 8 heteroatoms. The monoisotopic (exact) mass is 347 g/mol. The molecule has 2 aliphatic heterocycles. The molecule has 3 rings (SSSR count). The molecule has 1 aromatic rings. The number of urea groups is 1. The van der Waals surface area contributed by atoms with Crippen LogP contribution in [0, 0.1) is 12.8 Å². The van der Waals surface area contributed by atoms with Crippen molar-refractivity contribution in [3.63, 3.8) is 0 Å². The van der Waals surface area contributed by atoms with Gasteiger partial charge in [-0.05, 0) is 38.5 Å². The van der Waals surface area contributed by atoms with Gasteiger partial charge in [0.15, 0.2) is 0 Å². The van der Waals surface area contributed by atoms with Crippen molar-refractivity contribution in [1.82, 2.24) is 25.1 Å². The van der Waals surface area contributed by atoms with Crippen LogP contribution in [0.5, 0.6) is 0 Å². The Balaban J connectivity index is 1.37. The van der Waals surface area contributed by atoms with E-state index in [1.807, 2.05) is 24.2 Å². The Morgan fingerprint density at radius 2 is 2.04 bits per heavy atom. The van der Waals surface area contributed by atoms with Gasteiger partial charge in [0.2, 0.25) is 5.91 Å². The Bertz CT molecular complexity index is 648.